The van der Waals surface area contributed by atoms with Crippen molar-refractivity contribution in [1.82, 2.24) is 4.90 Å². The number of hydrogen-bond donors (Lipinski definition) is 1. The number of aryl methyl sites for hydroxylation is 1. The summed E-state index contributed by atoms with van der Waals surface area (Å²) in [5, 5.41) is 2.97. The highest BCUT2D eigenvalue weighted by Gasteiger charge is 2.23. The molecule has 0 spiro atoms. The van der Waals surface area contributed by atoms with Gasteiger partial charge in [-0.2, -0.15) is 0 Å². The topological polar surface area (TPSA) is 67.9 Å². The van der Waals surface area contributed by atoms with Crippen LogP contribution in [-0.2, 0) is 4.74 Å². The SMILES string of the molecule is Cc1ccc(OCCN2CCCC2)cc1C(=O)Nc1cc(-c2ccccc2)ccc1C(=O)OC(C)(C)C. The third kappa shape index (κ3) is 7.20. The van der Waals surface area contributed by atoms with E-state index in [1.807, 2.05) is 82.3 Å². The number of nitrogens with zero attached hydrogens (tertiary/aromatic N) is 1. The average Bonchev–Trinajstić information content (AvgIpc) is 3.38. The van der Waals surface area contributed by atoms with E-state index in [1.54, 1.807) is 12.1 Å². The van der Waals surface area contributed by atoms with Crippen LogP contribution in [0.5, 0.6) is 5.75 Å². The maximum Gasteiger partial charge on any atom is 0.340 e. The molecule has 194 valence electrons. The molecule has 0 radical (unpaired) electrons. The predicted octanol–water partition coefficient (Wildman–Crippen LogP) is 6.34. The van der Waals surface area contributed by atoms with E-state index in [-0.39, 0.29) is 5.91 Å². The Kier molecular flexibility index (Phi) is 8.29. The van der Waals surface area contributed by atoms with Crippen LogP contribution in [0, 0.1) is 6.92 Å². The molecule has 1 fully saturated rings. The summed E-state index contributed by atoms with van der Waals surface area (Å²) in [5.74, 6) is -0.143. The van der Waals surface area contributed by atoms with Crippen molar-refractivity contribution in [2.24, 2.45) is 0 Å². The molecule has 3 aromatic carbocycles. The van der Waals surface area contributed by atoms with Gasteiger partial charge in [0.25, 0.3) is 5.91 Å². The van der Waals surface area contributed by atoms with Gasteiger partial charge in [0.2, 0.25) is 0 Å². The van der Waals surface area contributed by atoms with E-state index in [9.17, 15) is 9.59 Å². The van der Waals surface area contributed by atoms with E-state index in [0.717, 1.165) is 36.3 Å². The van der Waals surface area contributed by atoms with Gasteiger partial charge in [0.1, 0.15) is 18.0 Å². The molecule has 37 heavy (non-hydrogen) atoms. The Morgan fingerprint density at radius 3 is 2.32 bits per heavy atom. The van der Waals surface area contributed by atoms with Crippen molar-refractivity contribution in [3.05, 3.63) is 83.4 Å². The summed E-state index contributed by atoms with van der Waals surface area (Å²) in [6.45, 7) is 11.0. The van der Waals surface area contributed by atoms with Crippen LogP contribution in [0.4, 0.5) is 5.69 Å². The summed E-state index contributed by atoms with van der Waals surface area (Å²) in [6.07, 6.45) is 2.48. The lowest BCUT2D eigenvalue weighted by atomic mass is 10.0. The number of benzene rings is 3. The standard InChI is InChI=1S/C31H36N2O4/c1-22-12-14-25(36-19-18-33-16-8-9-17-33)21-27(22)29(34)32-28-20-24(23-10-6-5-7-11-23)13-15-26(28)30(35)37-31(2,3)4/h5-7,10-15,20-21H,8-9,16-19H2,1-4H3,(H,32,34). The van der Waals surface area contributed by atoms with E-state index in [2.05, 4.69) is 10.2 Å². The summed E-state index contributed by atoms with van der Waals surface area (Å²) in [4.78, 5) is 28.8. The van der Waals surface area contributed by atoms with Crippen LogP contribution in [-0.4, -0.2) is 48.6 Å². The second-order valence-corrected chi connectivity index (χ2v) is 10.5. The Morgan fingerprint density at radius 2 is 1.62 bits per heavy atom. The third-order valence-corrected chi connectivity index (χ3v) is 6.32. The largest absolute Gasteiger partial charge is 0.492 e. The fraction of sp³-hybridized carbons (Fsp3) is 0.355. The molecule has 6 heteroatoms. The summed E-state index contributed by atoms with van der Waals surface area (Å²) in [5.41, 5.74) is 3.24. The number of carbonyl (C=O) groups is 2. The lowest BCUT2D eigenvalue weighted by Crippen LogP contribution is -2.25. The second kappa shape index (κ2) is 11.6. The van der Waals surface area contributed by atoms with Crippen molar-refractivity contribution in [3.8, 4) is 16.9 Å². The van der Waals surface area contributed by atoms with E-state index in [4.69, 9.17) is 9.47 Å². The zero-order valence-corrected chi connectivity index (χ0v) is 22.2. The van der Waals surface area contributed by atoms with Crippen molar-refractivity contribution in [1.29, 1.82) is 0 Å². The van der Waals surface area contributed by atoms with Gasteiger partial charge in [0.05, 0.1) is 11.3 Å². The second-order valence-electron chi connectivity index (χ2n) is 10.5. The van der Waals surface area contributed by atoms with E-state index < -0.39 is 11.6 Å². The summed E-state index contributed by atoms with van der Waals surface area (Å²) in [6, 6.07) is 20.8. The number of ether oxygens (including phenoxy) is 2. The maximum atomic E-state index is 13.5. The number of rotatable bonds is 8. The number of nitrogens with one attached hydrogen (secondary N) is 1. The van der Waals surface area contributed by atoms with Gasteiger partial charge in [-0.25, -0.2) is 4.79 Å². The molecule has 1 heterocycles. The number of carbonyl (C=O) groups excluding carboxylic acids is 2. The van der Waals surface area contributed by atoms with Gasteiger partial charge in [0, 0.05) is 12.1 Å². The van der Waals surface area contributed by atoms with Crippen LogP contribution in [0.1, 0.15) is 59.9 Å². The van der Waals surface area contributed by atoms with Crippen LogP contribution in [0.3, 0.4) is 0 Å². The van der Waals surface area contributed by atoms with Crippen molar-refractivity contribution in [2.75, 3.05) is 31.6 Å². The van der Waals surface area contributed by atoms with Crippen molar-refractivity contribution < 1.29 is 19.1 Å². The Morgan fingerprint density at radius 1 is 0.892 bits per heavy atom. The molecule has 0 aromatic heterocycles. The van der Waals surface area contributed by atoms with Crippen molar-refractivity contribution in [2.45, 2.75) is 46.1 Å². The first-order chi connectivity index (χ1) is 17.7. The summed E-state index contributed by atoms with van der Waals surface area (Å²) < 4.78 is 11.6. The molecular weight excluding hydrogens is 464 g/mol. The van der Waals surface area contributed by atoms with E-state index >= 15 is 0 Å². The lowest BCUT2D eigenvalue weighted by Gasteiger charge is -2.21. The van der Waals surface area contributed by atoms with Gasteiger partial charge in [-0.3, -0.25) is 9.69 Å². The lowest BCUT2D eigenvalue weighted by molar-refractivity contribution is 0.00708. The van der Waals surface area contributed by atoms with Crippen LogP contribution in [0.15, 0.2) is 66.7 Å². The highest BCUT2D eigenvalue weighted by molar-refractivity contribution is 6.09. The van der Waals surface area contributed by atoms with Crippen LogP contribution < -0.4 is 10.1 Å². The van der Waals surface area contributed by atoms with Gasteiger partial charge in [-0.05, 0) is 94.6 Å². The maximum absolute atomic E-state index is 13.5. The first-order valence-electron chi connectivity index (χ1n) is 12.9. The zero-order chi connectivity index (χ0) is 26.4. The van der Waals surface area contributed by atoms with Crippen molar-refractivity contribution >= 4 is 17.6 Å². The molecule has 3 aromatic rings. The first-order valence-corrected chi connectivity index (χ1v) is 12.9. The number of esters is 1. The Labute approximate surface area is 219 Å². The summed E-state index contributed by atoms with van der Waals surface area (Å²) >= 11 is 0. The van der Waals surface area contributed by atoms with Gasteiger partial charge in [-0.1, -0.05) is 42.5 Å². The third-order valence-electron chi connectivity index (χ3n) is 6.32. The number of anilines is 1. The molecule has 1 N–H and O–H groups in total. The Bertz CT molecular complexity index is 1240. The molecule has 0 saturated carbocycles. The highest BCUT2D eigenvalue weighted by atomic mass is 16.6. The molecule has 1 aliphatic rings. The number of hydrogen-bond acceptors (Lipinski definition) is 5. The molecule has 0 unspecified atom stereocenters. The highest BCUT2D eigenvalue weighted by Crippen LogP contribution is 2.28. The molecule has 0 bridgehead atoms. The summed E-state index contributed by atoms with van der Waals surface area (Å²) in [7, 11) is 0. The van der Waals surface area contributed by atoms with Crippen LogP contribution >= 0.6 is 0 Å². The minimum Gasteiger partial charge on any atom is -0.492 e. The van der Waals surface area contributed by atoms with E-state index in [1.165, 1.54) is 12.8 Å². The quantitative estimate of drug-likeness (QED) is 0.365. The molecule has 4 rings (SSSR count). The minimum absolute atomic E-state index is 0.304. The smallest absolute Gasteiger partial charge is 0.340 e. The van der Waals surface area contributed by atoms with E-state index in [0.29, 0.717) is 29.2 Å². The first kappa shape index (κ1) is 26.4. The predicted molar refractivity (Wildman–Crippen MR) is 147 cm³/mol. The van der Waals surface area contributed by atoms with Crippen molar-refractivity contribution in [3.63, 3.8) is 0 Å². The molecule has 0 aliphatic carbocycles. The number of amides is 1. The molecule has 0 atom stereocenters. The average molecular weight is 501 g/mol. The molecule has 1 aliphatic heterocycles. The molecule has 1 saturated heterocycles. The van der Waals surface area contributed by atoms with Crippen LogP contribution in [0.2, 0.25) is 0 Å². The molecule has 1 amide bonds. The fourth-order valence-electron chi connectivity index (χ4n) is 4.39. The van der Waals surface area contributed by atoms with Gasteiger partial charge < -0.3 is 14.8 Å². The zero-order valence-electron chi connectivity index (χ0n) is 22.2. The monoisotopic (exact) mass is 500 g/mol. The normalized spacial score (nSPS) is 13.8. The minimum atomic E-state index is -0.659. The fourth-order valence-corrected chi connectivity index (χ4v) is 4.39. The number of likely N-dealkylation sites (tertiary alicyclic amines) is 1. The van der Waals surface area contributed by atoms with Gasteiger partial charge in [-0.15, -0.1) is 0 Å². The van der Waals surface area contributed by atoms with Crippen LogP contribution in [0.25, 0.3) is 11.1 Å². The Hall–Kier alpha value is -3.64. The molecular formula is C31H36N2O4. The Balaban J connectivity index is 1.57. The van der Waals surface area contributed by atoms with Gasteiger partial charge in [0.15, 0.2) is 0 Å². The molecule has 6 nitrogen and oxygen atoms in total. The van der Waals surface area contributed by atoms with Gasteiger partial charge >= 0.3 is 5.97 Å².